The minimum absolute atomic E-state index is 0.227. The van der Waals surface area contributed by atoms with Crippen molar-refractivity contribution in [3.8, 4) is 0 Å². The zero-order valence-corrected chi connectivity index (χ0v) is 7.76. The van der Waals surface area contributed by atoms with Gasteiger partial charge in [-0.15, -0.1) is 0 Å². The van der Waals surface area contributed by atoms with E-state index >= 15 is 0 Å². The minimum atomic E-state index is -0.448. The maximum Gasteiger partial charge on any atom is 0.107 e. The highest BCUT2D eigenvalue weighted by Gasteiger charge is 2.01. The largest absolute Gasteiger partial charge is 0.381 e. The van der Waals surface area contributed by atoms with Gasteiger partial charge in [-0.2, -0.15) is 0 Å². The summed E-state index contributed by atoms with van der Waals surface area (Å²) in [5, 5.41) is 10.0. The summed E-state index contributed by atoms with van der Waals surface area (Å²) in [6.45, 7) is 0.116. The Balaban J connectivity index is 2.87. The quantitative estimate of drug-likeness (QED) is 0.613. The van der Waals surface area contributed by atoms with Crippen LogP contribution < -0.4 is 11.1 Å². The third kappa shape index (κ3) is 2.50. The molecule has 4 nitrogen and oxygen atoms in total. The van der Waals surface area contributed by atoms with Crippen LogP contribution in [0.3, 0.4) is 0 Å². The normalized spacial score (nSPS) is 9.86. The second kappa shape index (κ2) is 5.29. The van der Waals surface area contributed by atoms with Crippen LogP contribution in [0.4, 0.5) is 10.1 Å². The molecule has 0 bridgehead atoms. The van der Waals surface area contributed by atoms with Crippen molar-refractivity contribution in [3.05, 3.63) is 23.5 Å². The average Bonchev–Trinajstić information content (AvgIpc) is 2.26. The number of rotatable bonds is 5. The molecule has 0 aliphatic rings. The van der Waals surface area contributed by atoms with E-state index in [1.807, 2.05) is 0 Å². The lowest BCUT2D eigenvalue weighted by Crippen LogP contribution is -2.08. The molecule has 0 aliphatic heterocycles. The molecule has 14 heavy (non-hydrogen) atoms. The summed E-state index contributed by atoms with van der Waals surface area (Å²) >= 11 is 0. The third-order valence-corrected chi connectivity index (χ3v) is 1.77. The highest BCUT2D eigenvalue weighted by molar-refractivity contribution is 5.85. The highest BCUT2D eigenvalue weighted by atomic mass is 19.1. The van der Waals surface area contributed by atoms with Gasteiger partial charge in [0.05, 0.1) is 17.6 Å². The molecule has 0 atom stereocenters. The smallest absolute Gasteiger partial charge is 0.107 e. The number of hydrogen-bond acceptors (Lipinski definition) is 4. The summed E-state index contributed by atoms with van der Waals surface area (Å²) in [4.78, 5) is 4.05. The van der Waals surface area contributed by atoms with Crippen molar-refractivity contribution in [1.29, 1.82) is 5.41 Å². The molecule has 0 radical (unpaired) electrons. The molecule has 5 heteroatoms. The van der Waals surface area contributed by atoms with E-state index in [0.717, 1.165) is 0 Å². The standard InChI is InChI=1S/C9H13FN4/c10-1-2-13-9-6-14-8(5-12)3-7(9)4-11/h3-4,6,11,13H,1-2,5,12H2. The van der Waals surface area contributed by atoms with Crippen LogP contribution >= 0.6 is 0 Å². The van der Waals surface area contributed by atoms with Crippen molar-refractivity contribution in [3.63, 3.8) is 0 Å². The predicted octanol–water partition coefficient (Wildman–Crippen LogP) is 0.919. The Morgan fingerprint density at radius 3 is 3.00 bits per heavy atom. The topological polar surface area (TPSA) is 74.8 Å². The van der Waals surface area contributed by atoms with Gasteiger partial charge in [-0.3, -0.25) is 4.98 Å². The van der Waals surface area contributed by atoms with Crippen molar-refractivity contribution in [1.82, 2.24) is 4.98 Å². The fraction of sp³-hybridized carbons (Fsp3) is 0.333. The molecular weight excluding hydrogens is 183 g/mol. The van der Waals surface area contributed by atoms with Crippen LogP contribution in [0.25, 0.3) is 0 Å². The summed E-state index contributed by atoms with van der Waals surface area (Å²) < 4.78 is 11.9. The number of alkyl halides is 1. The third-order valence-electron chi connectivity index (χ3n) is 1.77. The van der Waals surface area contributed by atoms with Gasteiger partial charge < -0.3 is 16.5 Å². The van der Waals surface area contributed by atoms with Gasteiger partial charge in [-0.05, 0) is 6.07 Å². The number of nitrogens with zero attached hydrogens (tertiary/aromatic N) is 1. The fourth-order valence-electron chi connectivity index (χ4n) is 1.08. The van der Waals surface area contributed by atoms with Crippen molar-refractivity contribution >= 4 is 11.9 Å². The van der Waals surface area contributed by atoms with E-state index in [0.29, 0.717) is 23.5 Å². The lowest BCUT2D eigenvalue weighted by atomic mass is 10.2. The Labute approximate surface area is 81.9 Å². The maximum absolute atomic E-state index is 11.9. The van der Waals surface area contributed by atoms with Gasteiger partial charge in [0.25, 0.3) is 0 Å². The first kappa shape index (κ1) is 10.6. The lowest BCUT2D eigenvalue weighted by molar-refractivity contribution is 0.512. The van der Waals surface area contributed by atoms with Crippen molar-refractivity contribution < 1.29 is 4.39 Å². The molecule has 0 fully saturated rings. The van der Waals surface area contributed by atoms with Gasteiger partial charge in [0.1, 0.15) is 6.67 Å². The van der Waals surface area contributed by atoms with E-state index in [4.69, 9.17) is 11.1 Å². The molecule has 1 aromatic heterocycles. The Hall–Kier alpha value is -1.49. The van der Waals surface area contributed by atoms with Gasteiger partial charge in [0.2, 0.25) is 0 Å². The fourth-order valence-corrected chi connectivity index (χ4v) is 1.08. The van der Waals surface area contributed by atoms with E-state index in [1.54, 1.807) is 12.3 Å². The molecule has 0 aliphatic carbocycles. The average molecular weight is 196 g/mol. The number of halogens is 1. The SMILES string of the molecule is N=Cc1cc(CN)ncc1NCCF. The Kier molecular flexibility index (Phi) is 4.00. The molecule has 0 saturated carbocycles. The summed E-state index contributed by atoms with van der Waals surface area (Å²) in [5.74, 6) is 0. The molecule has 0 saturated heterocycles. The van der Waals surface area contributed by atoms with Crippen LogP contribution in [0.2, 0.25) is 0 Å². The lowest BCUT2D eigenvalue weighted by Gasteiger charge is -2.07. The first-order chi connectivity index (χ1) is 6.81. The van der Waals surface area contributed by atoms with E-state index in [2.05, 4.69) is 10.3 Å². The second-order valence-electron chi connectivity index (χ2n) is 2.73. The van der Waals surface area contributed by atoms with Gasteiger partial charge in [-0.25, -0.2) is 4.39 Å². The molecule has 4 N–H and O–H groups in total. The predicted molar refractivity (Wildman–Crippen MR) is 54.5 cm³/mol. The van der Waals surface area contributed by atoms with E-state index < -0.39 is 6.67 Å². The Morgan fingerprint density at radius 2 is 2.43 bits per heavy atom. The summed E-state index contributed by atoms with van der Waals surface area (Å²) in [6, 6.07) is 1.72. The first-order valence-electron chi connectivity index (χ1n) is 4.31. The monoisotopic (exact) mass is 196 g/mol. The van der Waals surface area contributed by atoms with Crippen LogP contribution in [-0.2, 0) is 6.54 Å². The van der Waals surface area contributed by atoms with Crippen LogP contribution in [0.15, 0.2) is 12.3 Å². The van der Waals surface area contributed by atoms with E-state index in [-0.39, 0.29) is 6.54 Å². The molecular formula is C9H13FN4. The summed E-state index contributed by atoms with van der Waals surface area (Å²) in [5.41, 5.74) is 7.46. The highest BCUT2D eigenvalue weighted by Crippen LogP contribution is 2.12. The first-order valence-corrected chi connectivity index (χ1v) is 4.31. The van der Waals surface area contributed by atoms with Gasteiger partial charge >= 0.3 is 0 Å². The van der Waals surface area contributed by atoms with Gasteiger partial charge in [0.15, 0.2) is 0 Å². The van der Waals surface area contributed by atoms with Crippen molar-refractivity contribution in [2.75, 3.05) is 18.5 Å². The van der Waals surface area contributed by atoms with Crippen LogP contribution in [0.5, 0.6) is 0 Å². The number of pyridine rings is 1. The second-order valence-corrected chi connectivity index (χ2v) is 2.73. The number of nitrogens with two attached hydrogens (primary N) is 1. The van der Waals surface area contributed by atoms with E-state index in [9.17, 15) is 4.39 Å². The van der Waals surface area contributed by atoms with Crippen LogP contribution in [0, 0.1) is 5.41 Å². The Bertz CT molecular complexity index is 314. The van der Waals surface area contributed by atoms with Gasteiger partial charge in [-0.1, -0.05) is 0 Å². The molecule has 1 aromatic rings. The summed E-state index contributed by atoms with van der Waals surface area (Å²) in [7, 11) is 0. The molecule has 0 spiro atoms. The number of hydrogen-bond donors (Lipinski definition) is 3. The molecule has 76 valence electrons. The maximum atomic E-state index is 11.9. The van der Waals surface area contributed by atoms with E-state index in [1.165, 1.54) is 6.21 Å². The zero-order chi connectivity index (χ0) is 10.4. The molecule has 0 unspecified atom stereocenters. The number of nitrogens with one attached hydrogen (secondary N) is 2. The number of anilines is 1. The van der Waals surface area contributed by atoms with Crippen LogP contribution in [-0.4, -0.2) is 24.4 Å². The Morgan fingerprint density at radius 1 is 1.64 bits per heavy atom. The van der Waals surface area contributed by atoms with Crippen molar-refractivity contribution in [2.45, 2.75) is 6.54 Å². The molecule has 1 rings (SSSR count). The summed E-state index contributed by atoms with van der Waals surface area (Å²) in [6.07, 6.45) is 2.76. The van der Waals surface area contributed by atoms with Crippen molar-refractivity contribution in [2.24, 2.45) is 5.73 Å². The van der Waals surface area contributed by atoms with Gasteiger partial charge in [0, 0.05) is 24.9 Å². The zero-order valence-electron chi connectivity index (χ0n) is 7.76. The molecule has 1 heterocycles. The minimum Gasteiger partial charge on any atom is -0.381 e. The molecule has 0 aromatic carbocycles. The molecule has 0 amide bonds. The van der Waals surface area contributed by atoms with Crippen LogP contribution in [0.1, 0.15) is 11.3 Å². The number of aromatic nitrogens is 1.